The second-order valence-corrected chi connectivity index (χ2v) is 6.81. The van der Waals surface area contributed by atoms with Crippen LogP contribution in [0, 0.1) is 18.6 Å². The van der Waals surface area contributed by atoms with E-state index < -0.39 is 11.6 Å². The van der Waals surface area contributed by atoms with E-state index in [1.807, 2.05) is 0 Å². The molecule has 0 aliphatic carbocycles. The summed E-state index contributed by atoms with van der Waals surface area (Å²) in [6.45, 7) is 2.32. The zero-order valence-corrected chi connectivity index (χ0v) is 15.6. The molecule has 1 atom stereocenters. The standard InChI is InChI=1S/C20H20F2N4O2/c1-11-12(20(27)23-2)6-7-16(24-11)19-13-9-14(21)15(22)10-17(13)26(25-19)18-5-3-4-8-28-18/h6-7,9-10,18H,3-5,8H2,1-2H3,(H,23,27). The zero-order valence-electron chi connectivity index (χ0n) is 15.6. The number of aromatic nitrogens is 3. The van der Waals surface area contributed by atoms with Crippen LogP contribution in [-0.2, 0) is 4.74 Å². The first-order valence-corrected chi connectivity index (χ1v) is 9.18. The van der Waals surface area contributed by atoms with Crippen molar-refractivity contribution in [1.29, 1.82) is 0 Å². The van der Waals surface area contributed by atoms with Gasteiger partial charge < -0.3 is 10.1 Å². The van der Waals surface area contributed by atoms with E-state index in [1.54, 1.807) is 30.8 Å². The lowest BCUT2D eigenvalue weighted by Crippen LogP contribution is -2.19. The molecule has 1 N–H and O–H groups in total. The maximum Gasteiger partial charge on any atom is 0.252 e. The van der Waals surface area contributed by atoms with Crippen LogP contribution in [-0.4, -0.2) is 34.3 Å². The van der Waals surface area contributed by atoms with Crippen LogP contribution in [0.4, 0.5) is 8.78 Å². The first kappa shape index (κ1) is 18.5. The highest BCUT2D eigenvalue weighted by molar-refractivity contribution is 5.96. The number of fused-ring (bicyclic) bond motifs is 1. The number of halogens is 2. The summed E-state index contributed by atoms with van der Waals surface area (Å²) in [5.41, 5.74) is 2.33. The largest absolute Gasteiger partial charge is 0.356 e. The van der Waals surface area contributed by atoms with Crippen molar-refractivity contribution in [3.63, 3.8) is 0 Å². The molecule has 0 bridgehead atoms. The Bertz CT molecular complexity index is 1060. The van der Waals surface area contributed by atoms with Gasteiger partial charge >= 0.3 is 0 Å². The van der Waals surface area contributed by atoms with E-state index in [9.17, 15) is 13.6 Å². The molecule has 0 saturated carbocycles. The van der Waals surface area contributed by atoms with Gasteiger partial charge in [-0.3, -0.25) is 9.78 Å². The predicted octanol–water partition coefficient (Wildman–Crippen LogP) is 3.74. The summed E-state index contributed by atoms with van der Waals surface area (Å²) in [6.07, 6.45) is 2.36. The molecule has 1 saturated heterocycles. The fourth-order valence-electron chi connectivity index (χ4n) is 3.52. The summed E-state index contributed by atoms with van der Waals surface area (Å²) in [4.78, 5) is 16.4. The number of hydrogen-bond donors (Lipinski definition) is 1. The van der Waals surface area contributed by atoms with Crippen molar-refractivity contribution >= 4 is 16.8 Å². The molecule has 0 radical (unpaired) electrons. The van der Waals surface area contributed by atoms with Crippen molar-refractivity contribution in [2.24, 2.45) is 0 Å². The second kappa shape index (κ2) is 7.27. The molecule has 146 valence electrons. The highest BCUT2D eigenvalue weighted by atomic mass is 19.2. The van der Waals surface area contributed by atoms with Crippen molar-refractivity contribution in [3.05, 3.63) is 47.2 Å². The third-order valence-corrected chi connectivity index (χ3v) is 4.98. The molecular formula is C20H20F2N4O2. The molecule has 1 aliphatic heterocycles. The number of nitrogens with one attached hydrogen (secondary N) is 1. The molecule has 0 spiro atoms. The van der Waals surface area contributed by atoms with Gasteiger partial charge in [-0.05, 0) is 44.4 Å². The van der Waals surface area contributed by atoms with E-state index >= 15 is 0 Å². The Morgan fingerprint density at radius 2 is 2.04 bits per heavy atom. The van der Waals surface area contributed by atoms with Crippen LogP contribution in [0.2, 0.25) is 0 Å². The fourth-order valence-corrected chi connectivity index (χ4v) is 3.52. The van der Waals surface area contributed by atoms with Gasteiger partial charge in [0, 0.05) is 25.1 Å². The van der Waals surface area contributed by atoms with Crippen molar-refractivity contribution < 1.29 is 18.3 Å². The number of hydrogen-bond acceptors (Lipinski definition) is 4. The predicted molar refractivity (Wildman–Crippen MR) is 99.8 cm³/mol. The number of aryl methyl sites for hydroxylation is 1. The molecule has 1 fully saturated rings. The maximum atomic E-state index is 14.0. The number of rotatable bonds is 3. The van der Waals surface area contributed by atoms with Crippen molar-refractivity contribution in [1.82, 2.24) is 20.1 Å². The van der Waals surface area contributed by atoms with Gasteiger partial charge in [-0.25, -0.2) is 13.5 Å². The SMILES string of the molecule is CNC(=O)c1ccc(-c2nn(C3CCCCO3)c3cc(F)c(F)cc23)nc1C. The monoisotopic (exact) mass is 386 g/mol. The smallest absolute Gasteiger partial charge is 0.252 e. The van der Waals surface area contributed by atoms with Gasteiger partial charge in [0.05, 0.1) is 22.5 Å². The van der Waals surface area contributed by atoms with Crippen molar-refractivity contribution in [3.8, 4) is 11.4 Å². The van der Waals surface area contributed by atoms with Crippen LogP contribution in [0.25, 0.3) is 22.3 Å². The van der Waals surface area contributed by atoms with Crippen molar-refractivity contribution in [2.45, 2.75) is 32.4 Å². The molecule has 3 heterocycles. The summed E-state index contributed by atoms with van der Waals surface area (Å²) in [7, 11) is 1.55. The van der Waals surface area contributed by atoms with Crippen LogP contribution in [0.1, 0.15) is 41.5 Å². The molecule has 6 nitrogen and oxygen atoms in total. The molecule has 4 rings (SSSR count). The highest BCUT2D eigenvalue weighted by Crippen LogP contribution is 2.33. The summed E-state index contributed by atoms with van der Waals surface area (Å²) in [5, 5.41) is 7.61. The Hall–Kier alpha value is -2.87. The fraction of sp³-hybridized carbons (Fsp3) is 0.350. The molecule has 1 aromatic carbocycles. The van der Waals surface area contributed by atoms with E-state index in [-0.39, 0.29) is 12.1 Å². The first-order valence-electron chi connectivity index (χ1n) is 9.18. The van der Waals surface area contributed by atoms with Crippen LogP contribution in [0.3, 0.4) is 0 Å². The maximum absolute atomic E-state index is 14.0. The number of carbonyl (C=O) groups is 1. The lowest BCUT2D eigenvalue weighted by atomic mass is 10.1. The summed E-state index contributed by atoms with van der Waals surface area (Å²) in [5.74, 6) is -2.12. The Balaban J connectivity index is 1.88. The molecule has 1 amide bonds. The Morgan fingerprint density at radius 1 is 1.25 bits per heavy atom. The molecule has 2 aromatic heterocycles. The third kappa shape index (κ3) is 3.13. The molecule has 1 unspecified atom stereocenters. The average Bonchev–Trinajstić information content (AvgIpc) is 3.06. The van der Waals surface area contributed by atoms with E-state index in [1.165, 1.54) is 0 Å². The Kier molecular flexibility index (Phi) is 4.80. The van der Waals surface area contributed by atoms with E-state index in [0.717, 1.165) is 31.4 Å². The molecule has 8 heteroatoms. The summed E-state index contributed by atoms with van der Waals surface area (Å²) < 4.78 is 35.3. The van der Waals surface area contributed by atoms with E-state index in [4.69, 9.17) is 4.74 Å². The van der Waals surface area contributed by atoms with Crippen LogP contribution in [0.5, 0.6) is 0 Å². The Morgan fingerprint density at radius 3 is 2.71 bits per heavy atom. The highest BCUT2D eigenvalue weighted by Gasteiger charge is 2.24. The molecule has 1 aliphatic rings. The van der Waals surface area contributed by atoms with Crippen LogP contribution < -0.4 is 5.32 Å². The minimum atomic E-state index is -0.948. The van der Waals surface area contributed by atoms with Gasteiger partial charge in [-0.1, -0.05) is 0 Å². The van der Waals surface area contributed by atoms with Gasteiger partial charge in [0.25, 0.3) is 5.91 Å². The number of pyridine rings is 1. The average molecular weight is 386 g/mol. The van der Waals surface area contributed by atoms with Gasteiger partial charge in [0.1, 0.15) is 5.69 Å². The lowest BCUT2D eigenvalue weighted by molar-refractivity contribution is -0.0365. The number of amides is 1. The molecular weight excluding hydrogens is 366 g/mol. The normalized spacial score (nSPS) is 17.1. The zero-order chi connectivity index (χ0) is 19.8. The molecule has 3 aromatic rings. The number of ether oxygens (including phenoxy) is 1. The minimum absolute atomic E-state index is 0.240. The van der Waals surface area contributed by atoms with Crippen LogP contribution in [0.15, 0.2) is 24.3 Å². The summed E-state index contributed by atoms with van der Waals surface area (Å²) >= 11 is 0. The lowest BCUT2D eigenvalue weighted by Gasteiger charge is -2.23. The van der Waals surface area contributed by atoms with E-state index in [0.29, 0.717) is 40.2 Å². The second-order valence-electron chi connectivity index (χ2n) is 6.81. The molecule has 28 heavy (non-hydrogen) atoms. The topological polar surface area (TPSA) is 69.0 Å². The van der Waals surface area contributed by atoms with E-state index in [2.05, 4.69) is 15.4 Å². The Labute approximate surface area is 160 Å². The number of benzene rings is 1. The number of carbonyl (C=O) groups excluding carboxylic acids is 1. The quantitative estimate of drug-likeness (QED) is 0.745. The third-order valence-electron chi connectivity index (χ3n) is 4.98. The minimum Gasteiger partial charge on any atom is -0.356 e. The van der Waals surface area contributed by atoms with Gasteiger partial charge in [0.15, 0.2) is 17.9 Å². The first-order chi connectivity index (χ1) is 13.5. The van der Waals surface area contributed by atoms with Crippen LogP contribution >= 0.6 is 0 Å². The van der Waals surface area contributed by atoms with Gasteiger partial charge in [-0.15, -0.1) is 0 Å². The van der Waals surface area contributed by atoms with Gasteiger partial charge in [0.2, 0.25) is 0 Å². The summed E-state index contributed by atoms with van der Waals surface area (Å²) in [6, 6.07) is 5.59. The van der Waals surface area contributed by atoms with Crippen molar-refractivity contribution in [2.75, 3.05) is 13.7 Å². The number of nitrogens with zero attached hydrogens (tertiary/aromatic N) is 3. The van der Waals surface area contributed by atoms with Gasteiger partial charge in [-0.2, -0.15) is 5.10 Å².